The first kappa shape index (κ1) is 18.3. The largest absolute Gasteiger partial charge is 0.354 e. The lowest BCUT2D eigenvalue weighted by Crippen LogP contribution is -2.47. The van der Waals surface area contributed by atoms with E-state index in [1.807, 2.05) is 0 Å². The molecule has 23 heavy (non-hydrogen) atoms. The summed E-state index contributed by atoms with van der Waals surface area (Å²) in [6.45, 7) is 6.48. The van der Waals surface area contributed by atoms with E-state index in [1.54, 1.807) is 0 Å². The smallest absolute Gasteiger partial charge is 0.280 e. The molecule has 2 rings (SSSR count). The fourth-order valence-corrected chi connectivity index (χ4v) is 2.83. The van der Waals surface area contributed by atoms with Gasteiger partial charge in [0.05, 0.1) is 0 Å². The number of nitrogens with zero attached hydrogens (tertiary/aromatic N) is 4. The van der Waals surface area contributed by atoms with E-state index in [9.17, 15) is 8.78 Å². The van der Waals surface area contributed by atoms with Crippen molar-refractivity contribution in [2.45, 2.75) is 39.0 Å². The SMILES string of the molecule is CCCCc1nc(C(F)F)cc(N2CCN(CCCCl)CC2)n1. The normalized spacial score (nSPS) is 16.3. The van der Waals surface area contributed by atoms with Gasteiger partial charge in [0.1, 0.15) is 17.3 Å². The van der Waals surface area contributed by atoms with E-state index in [1.165, 1.54) is 6.07 Å². The van der Waals surface area contributed by atoms with Gasteiger partial charge in [-0.2, -0.15) is 0 Å². The zero-order valence-corrected chi connectivity index (χ0v) is 14.4. The average Bonchev–Trinajstić information content (AvgIpc) is 2.58. The van der Waals surface area contributed by atoms with Crippen LogP contribution in [-0.2, 0) is 6.42 Å². The first-order chi connectivity index (χ1) is 11.1. The minimum Gasteiger partial charge on any atom is -0.354 e. The lowest BCUT2D eigenvalue weighted by molar-refractivity contribution is 0.145. The summed E-state index contributed by atoms with van der Waals surface area (Å²) in [4.78, 5) is 13.0. The van der Waals surface area contributed by atoms with Crippen LogP contribution >= 0.6 is 11.6 Å². The monoisotopic (exact) mass is 346 g/mol. The van der Waals surface area contributed by atoms with Crippen LogP contribution in [0.2, 0.25) is 0 Å². The molecule has 1 aromatic rings. The summed E-state index contributed by atoms with van der Waals surface area (Å²) in [5.41, 5.74) is -0.161. The van der Waals surface area contributed by atoms with Gasteiger partial charge in [0, 0.05) is 44.5 Å². The lowest BCUT2D eigenvalue weighted by Gasteiger charge is -2.35. The zero-order valence-electron chi connectivity index (χ0n) is 13.6. The predicted molar refractivity (Wildman–Crippen MR) is 89.6 cm³/mol. The summed E-state index contributed by atoms with van der Waals surface area (Å²) >= 11 is 5.73. The van der Waals surface area contributed by atoms with Crippen molar-refractivity contribution in [3.63, 3.8) is 0 Å². The Balaban J connectivity index is 2.05. The molecule has 1 aromatic heterocycles. The van der Waals surface area contributed by atoms with Crippen molar-refractivity contribution >= 4 is 17.4 Å². The van der Waals surface area contributed by atoms with Crippen molar-refractivity contribution in [2.75, 3.05) is 43.5 Å². The molecule has 0 unspecified atom stereocenters. The fraction of sp³-hybridized carbons (Fsp3) is 0.750. The number of halogens is 3. The molecule has 0 radical (unpaired) electrons. The molecule has 4 nitrogen and oxygen atoms in total. The third-order valence-corrected chi connectivity index (χ3v) is 4.33. The van der Waals surface area contributed by atoms with Gasteiger partial charge in [-0.3, -0.25) is 4.90 Å². The second-order valence-electron chi connectivity index (χ2n) is 5.84. The van der Waals surface area contributed by atoms with Crippen LogP contribution in [-0.4, -0.2) is 53.5 Å². The van der Waals surface area contributed by atoms with Gasteiger partial charge < -0.3 is 4.90 Å². The number of alkyl halides is 3. The van der Waals surface area contributed by atoms with Crippen LogP contribution in [0.15, 0.2) is 6.07 Å². The fourth-order valence-electron chi connectivity index (χ4n) is 2.71. The molecule has 1 aliphatic heterocycles. The summed E-state index contributed by atoms with van der Waals surface area (Å²) in [6, 6.07) is 1.44. The van der Waals surface area contributed by atoms with Gasteiger partial charge in [0.15, 0.2) is 0 Å². The van der Waals surface area contributed by atoms with E-state index in [0.717, 1.165) is 52.0 Å². The Morgan fingerprint density at radius 2 is 1.91 bits per heavy atom. The second kappa shape index (κ2) is 9.33. The Labute approximate surface area is 141 Å². The summed E-state index contributed by atoms with van der Waals surface area (Å²) in [6.07, 6.45) is 0.989. The Hall–Kier alpha value is -1.01. The third-order valence-electron chi connectivity index (χ3n) is 4.06. The van der Waals surface area contributed by atoms with Crippen LogP contribution in [0.25, 0.3) is 0 Å². The zero-order chi connectivity index (χ0) is 16.7. The van der Waals surface area contributed by atoms with E-state index in [4.69, 9.17) is 11.6 Å². The molecule has 7 heteroatoms. The minimum absolute atomic E-state index is 0.161. The van der Waals surface area contributed by atoms with E-state index >= 15 is 0 Å². The van der Waals surface area contributed by atoms with Crippen molar-refractivity contribution in [1.82, 2.24) is 14.9 Å². The van der Waals surface area contributed by atoms with Gasteiger partial charge in [-0.15, -0.1) is 11.6 Å². The molecule has 0 aromatic carbocycles. The average molecular weight is 347 g/mol. The van der Waals surface area contributed by atoms with E-state index < -0.39 is 6.43 Å². The predicted octanol–water partition coefficient (Wildman–Crippen LogP) is 3.51. The Morgan fingerprint density at radius 3 is 2.52 bits per heavy atom. The molecule has 130 valence electrons. The highest BCUT2D eigenvalue weighted by atomic mass is 35.5. The van der Waals surface area contributed by atoms with Crippen LogP contribution in [0.5, 0.6) is 0 Å². The van der Waals surface area contributed by atoms with Crippen LogP contribution in [0.4, 0.5) is 14.6 Å². The summed E-state index contributed by atoms with van der Waals surface area (Å²) in [7, 11) is 0. The number of anilines is 1. The molecule has 0 N–H and O–H groups in total. The van der Waals surface area contributed by atoms with Crippen molar-refractivity contribution in [3.05, 3.63) is 17.6 Å². The van der Waals surface area contributed by atoms with Gasteiger partial charge in [0.25, 0.3) is 6.43 Å². The number of piperazine rings is 1. The molecule has 0 bridgehead atoms. The van der Waals surface area contributed by atoms with Crippen molar-refractivity contribution in [1.29, 1.82) is 0 Å². The number of rotatable bonds is 8. The number of hydrogen-bond acceptors (Lipinski definition) is 4. The van der Waals surface area contributed by atoms with E-state index in [0.29, 0.717) is 23.9 Å². The maximum absolute atomic E-state index is 13.1. The molecule has 2 heterocycles. The van der Waals surface area contributed by atoms with Gasteiger partial charge in [-0.1, -0.05) is 13.3 Å². The number of hydrogen-bond donors (Lipinski definition) is 0. The Morgan fingerprint density at radius 1 is 1.17 bits per heavy atom. The second-order valence-corrected chi connectivity index (χ2v) is 6.22. The van der Waals surface area contributed by atoms with Crippen molar-refractivity contribution in [3.8, 4) is 0 Å². The summed E-state index contributed by atoms with van der Waals surface area (Å²) < 4.78 is 26.2. The van der Waals surface area contributed by atoms with E-state index in [-0.39, 0.29) is 5.69 Å². The molecular weight excluding hydrogens is 322 g/mol. The topological polar surface area (TPSA) is 32.3 Å². The Bertz CT molecular complexity index is 479. The van der Waals surface area contributed by atoms with Gasteiger partial charge in [0.2, 0.25) is 0 Å². The number of aryl methyl sites for hydroxylation is 1. The lowest BCUT2D eigenvalue weighted by atomic mass is 10.2. The van der Waals surface area contributed by atoms with Crippen LogP contribution in [0.1, 0.15) is 44.1 Å². The Kier molecular flexibility index (Phi) is 7.43. The molecule has 0 saturated carbocycles. The molecule has 0 atom stereocenters. The van der Waals surface area contributed by atoms with Gasteiger partial charge >= 0.3 is 0 Å². The molecule has 1 saturated heterocycles. The quantitative estimate of drug-likeness (QED) is 0.674. The van der Waals surface area contributed by atoms with E-state index in [2.05, 4.69) is 26.7 Å². The van der Waals surface area contributed by atoms with Gasteiger partial charge in [-0.25, -0.2) is 18.7 Å². The third kappa shape index (κ3) is 5.53. The maximum atomic E-state index is 13.1. The number of aromatic nitrogens is 2. The highest BCUT2D eigenvalue weighted by Gasteiger charge is 2.20. The molecule has 0 aliphatic carbocycles. The van der Waals surface area contributed by atoms with Crippen LogP contribution in [0, 0.1) is 0 Å². The number of unbranched alkanes of at least 4 members (excludes halogenated alkanes) is 1. The highest BCUT2D eigenvalue weighted by molar-refractivity contribution is 6.17. The molecular formula is C16H25ClF2N4. The maximum Gasteiger partial charge on any atom is 0.280 e. The summed E-state index contributed by atoms with van der Waals surface area (Å²) in [5, 5.41) is 0. The minimum atomic E-state index is -2.55. The van der Waals surface area contributed by atoms with Crippen LogP contribution in [0.3, 0.4) is 0 Å². The molecule has 0 spiro atoms. The highest BCUT2D eigenvalue weighted by Crippen LogP contribution is 2.22. The molecule has 0 amide bonds. The molecule has 1 fully saturated rings. The van der Waals surface area contributed by atoms with Crippen LogP contribution < -0.4 is 4.90 Å². The van der Waals surface area contributed by atoms with Crippen molar-refractivity contribution in [2.24, 2.45) is 0 Å². The molecule has 1 aliphatic rings. The first-order valence-electron chi connectivity index (χ1n) is 8.33. The first-order valence-corrected chi connectivity index (χ1v) is 8.86. The standard InChI is InChI=1S/C16H25ClF2N4/c1-2-3-5-14-20-13(16(18)19)12-15(21-14)23-10-8-22(9-11-23)7-4-6-17/h12,16H,2-11H2,1H3. The van der Waals surface area contributed by atoms with Crippen molar-refractivity contribution < 1.29 is 8.78 Å². The van der Waals surface area contributed by atoms with Gasteiger partial charge in [-0.05, 0) is 19.4 Å². The summed E-state index contributed by atoms with van der Waals surface area (Å²) in [5.74, 6) is 1.84.